The first-order chi connectivity index (χ1) is 18.0. The summed E-state index contributed by atoms with van der Waals surface area (Å²) in [5, 5.41) is 7.27. The molecule has 3 N–H and O–H groups in total. The summed E-state index contributed by atoms with van der Waals surface area (Å²) in [7, 11) is -4.15. The van der Waals surface area contributed by atoms with Crippen molar-refractivity contribution < 1.29 is 13.2 Å². The van der Waals surface area contributed by atoms with Crippen LogP contribution in [-0.2, 0) is 14.8 Å². The summed E-state index contributed by atoms with van der Waals surface area (Å²) in [6, 6.07) is 18.3. The maximum absolute atomic E-state index is 13.3. The van der Waals surface area contributed by atoms with Gasteiger partial charge in [0.15, 0.2) is 5.84 Å². The Hall–Kier alpha value is -3.47. The number of nitrogens with two attached hydrogens (primary N) is 1. The molecule has 9 nitrogen and oxygen atoms in total. The lowest BCUT2D eigenvalue weighted by Gasteiger charge is -2.24. The Kier molecular flexibility index (Phi) is 8.35. The van der Waals surface area contributed by atoms with Gasteiger partial charge in [-0.15, -0.1) is 0 Å². The van der Waals surface area contributed by atoms with Crippen LogP contribution < -0.4 is 15.5 Å². The number of hydrazone groups is 1. The predicted octanol–water partition coefficient (Wildman–Crippen LogP) is 4.58. The van der Waals surface area contributed by atoms with Gasteiger partial charge in [-0.1, -0.05) is 67.4 Å². The van der Waals surface area contributed by atoms with Crippen molar-refractivity contribution in [2.24, 2.45) is 21.7 Å². The number of primary amides is 1. The third kappa shape index (κ3) is 6.32. The first kappa shape index (κ1) is 27.6. The zero-order valence-corrected chi connectivity index (χ0v) is 23.0. The highest BCUT2D eigenvalue weighted by Crippen LogP contribution is 2.36. The van der Waals surface area contributed by atoms with Crippen molar-refractivity contribution in [1.82, 2.24) is 9.71 Å². The Morgan fingerprint density at radius 1 is 1.08 bits per heavy atom. The molecule has 0 bridgehead atoms. The summed E-state index contributed by atoms with van der Waals surface area (Å²) in [6.07, 6.45) is 1.44. The normalized spacial score (nSPS) is 16.9. The van der Waals surface area contributed by atoms with Crippen molar-refractivity contribution >= 4 is 56.4 Å². The molecule has 1 aliphatic rings. The van der Waals surface area contributed by atoms with Gasteiger partial charge in [-0.3, -0.25) is 19.5 Å². The first-order valence-corrected chi connectivity index (χ1v) is 14.0. The number of hydrogen-bond acceptors (Lipinski definition) is 7. The fourth-order valence-corrected chi connectivity index (χ4v) is 5.19. The van der Waals surface area contributed by atoms with Gasteiger partial charge < -0.3 is 5.73 Å². The van der Waals surface area contributed by atoms with E-state index in [0.717, 1.165) is 17.4 Å². The van der Waals surface area contributed by atoms with E-state index in [1.54, 1.807) is 31.0 Å². The summed E-state index contributed by atoms with van der Waals surface area (Å²) in [6.45, 7) is 3.55. The van der Waals surface area contributed by atoms with E-state index < -0.39 is 22.0 Å². The monoisotopic (exact) mass is 572 g/mol. The van der Waals surface area contributed by atoms with Gasteiger partial charge in [-0.25, -0.2) is 13.4 Å². The number of nitrogens with zero attached hydrogens (tertiary/aromatic N) is 4. The van der Waals surface area contributed by atoms with Crippen molar-refractivity contribution in [3.63, 3.8) is 0 Å². The second-order valence-electron chi connectivity index (χ2n) is 8.99. The highest BCUT2D eigenvalue weighted by atomic mass is 35.5. The molecule has 3 aromatic rings. The van der Waals surface area contributed by atoms with E-state index in [1.165, 1.54) is 12.1 Å². The van der Waals surface area contributed by atoms with Gasteiger partial charge in [0.1, 0.15) is 21.8 Å². The van der Waals surface area contributed by atoms with Gasteiger partial charge >= 0.3 is 0 Å². The molecule has 0 unspecified atom stereocenters. The zero-order valence-electron chi connectivity index (χ0n) is 20.6. The Morgan fingerprint density at radius 2 is 1.76 bits per heavy atom. The number of sulfonamides is 1. The van der Waals surface area contributed by atoms with Crippen LogP contribution in [0.15, 0.2) is 87.9 Å². The third-order valence-electron chi connectivity index (χ3n) is 5.89. The summed E-state index contributed by atoms with van der Waals surface area (Å²) in [4.78, 5) is 20.4. The summed E-state index contributed by atoms with van der Waals surface area (Å²) >= 11 is 11.9. The number of nitrogens with one attached hydrogen (secondary N) is 1. The highest BCUT2D eigenvalue weighted by molar-refractivity contribution is 7.90. The number of benzene rings is 2. The molecule has 1 amide bonds. The van der Waals surface area contributed by atoms with Crippen LogP contribution in [0.2, 0.25) is 10.2 Å². The molecule has 198 valence electrons. The van der Waals surface area contributed by atoms with Crippen molar-refractivity contribution in [1.29, 1.82) is 0 Å². The van der Waals surface area contributed by atoms with Crippen LogP contribution in [0.3, 0.4) is 0 Å². The molecular weight excluding hydrogens is 547 g/mol. The van der Waals surface area contributed by atoms with Gasteiger partial charge in [0.2, 0.25) is 5.91 Å². The van der Waals surface area contributed by atoms with E-state index in [-0.39, 0.29) is 27.8 Å². The maximum atomic E-state index is 13.3. The van der Waals surface area contributed by atoms with Crippen LogP contribution in [0.5, 0.6) is 0 Å². The molecule has 0 saturated carbocycles. The SMILES string of the molecule is CC(C)[C@H](N=C(NS(=O)(=O)c1ccc(Cl)nc1)C1=NN(c2ccc(Cl)cc2)[C@@H](c2ccccc2)C1)C(N)=O. The van der Waals surface area contributed by atoms with E-state index in [0.29, 0.717) is 17.2 Å². The van der Waals surface area contributed by atoms with Crippen LogP contribution in [0.4, 0.5) is 5.69 Å². The Balaban J connectivity index is 1.81. The molecule has 2 aromatic carbocycles. The molecule has 0 saturated heterocycles. The second kappa shape index (κ2) is 11.5. The number of amides is 1. The second-order valence-corrected chi connectivity index (χ2v) is 11.5. The lowest BCUT2D eigenvalue weighted by Crippen LogP contribution is -2.40. The Labute approximate surface area is 231 Å². The molecule has 0 aliphatic carbocycles. The molecule has 1 aromatic heterocycles. The van der Waals surface area contributed by atoms with Gasteiger partial charge in [-0.05, 0) is 47.9 Å². The van der Waals surface area contributed by atoms with Crippen LogP contribution in [0, 0.1) is 5.92 Å². The van der Waals surface area contributed by atoms with Crippen LogP contribution in [0.1, 0.15) is 31.9 Å². The van der Waals surface area contributed by atoms with Crippen LogP contribution >= 0.6 is 23.2 Å². The van der Waals surface area contributed by atoms with Gasteiger partial charge in [0.25, 0.3) is 10.0 Å². The van der Waals surface area contributed by atoms with Crippen molar-refractivity contribution in [2.45, 2.75) is 37.2 Å². The molecule has 38 heavy (non-hydrogen) atoms. The molecule has 0 fully saturated rings. The predicted molar refractivity (Wildman–Crippen MR) is 150 cm³/mol. The first-order valence-electron chi connectivity index (χ1n) is 11.7. The van der Waals surface area contributed by atoms with Crippen molar-refractivity contribution in [2.75, 3.05) is 5.01 Å². The topological polar surface area (TPSA) is 130 Å². The number of rotatable bonds is 8. The number of anilines is 1. The minimum atomic E-state index is -4.15. The third-order valence-corrected chi connectivity index (χ3v) is 7.69. The van der Waals surface area contributed by atoms with E-state index in [2.05, 4.69) is 14.7 Å². The Morgan fingerprint density at radius 3 is 2.34 bits per heavy atom. The highest BCUT2D eigenvalue weighted by Gasteiger charge is 2.34. The fraction of sp³-hybridized carbons (Fsp3) is 0.231. The van der Waals surface area contributed by atoms with Crippen LogP contribution in [0.25, 0.3) is 0 Å². The summed E-state index contributed by atoms with van der Waals surface area (Å²) in [5.41, 5.74) is 7.66. The average molecular weight is 574 g/mol. The number of amidine groups is 1. The molecular formula is C26H26Cl2N6O3S. The van der Waals surface area contributed by atoms with E-state index >= 15 is 0 Å². The van der Waals surface area contributed by atoms with Crippen LogP contribution in [-0.4, -0.2) is 36.9 Å². The van der Waals surface area contributed by atoms with Gasteiger partial charge in [0.05, 0.1) is 11.7 Å². The molecule has 0 radical (unpaired) electrons. The number of aliphatic imine (C=N–C) groups is 1. The number of carbonyl (C=O) groups is 1. The molecule has 2 heterocycles. The zero-order chi connectivity index (χ0) is 27.4. The maximum Gasteiger partial charge on any atom is 0.264 e. The number of hydrogen-bond donors (Lipinski definition) is 2. The minimum absolute atomic E-state index is 0.0742. The number of halogens is 2. The van der Waals surface area contributed by atoms with Crippen molar-refractivity contribution in [3.8, 4) is 0 Å². The summed E-state index contributed by atoms with van der Waals surface area (Å²) < 4.78 is 29.1. The van der Waals surface area contributed by atoms with Crippen molar-refractivity contribution in [3.05, 3.63) is 88.7 Å². The molecule has 0 spiro atoms. The number of aromatic nitrogens is 1. The molecule has 1 aliphatic heterocycles. The quantitative estimate of drug-likeness (QED) is 0.232. The van der Waals surface area contributed by atoms with Gasteiger partial charge in [0, 0.05) is 17.6 Å². The lowest BCUT2D eigenvalue weighted by molar-refractivity contribution is -0.120. The molecule has 4 rings (SSSR count). The number of pyridine rings is 1. The standard InChI is InChI=1S/C26H26Cl2N6O3S/c1-16(2)24(25(29)35)31-26(33-38(36,37)20-12-13-23(28)30-15-20)21-14-22(17-6-4-3-5-7-17)34(32-21)19-10-8-18(27)9-11-19/h3-13,15-16,22,24H,14H2,1-2H3,(H2,29,35)(H,31,33)/t22-,24+/m1/s1. The lowest BCUT2D eigenvalue weighted by atomic mass is 10.0. The fourth-order valence-electron chi connectivity index (χ4n) is 3.97. The smallest absolute Gasteiger partial charge is 0.264 e. The van der Waals surface area contributed by atoms with Gasteiger partial charge in [-0.2, -0.15) is 5.10 Å². The average Bonchev–Trinajstić information content (AvgIpc) is 3.33. The van der Waals surface area contributed by atoms with E-state index in [9.17, 15) is 13.2 Å². The van der Waals surface area contributed by atoms with E-state index in [4.69, 9.17) is 34.0 Å². The summed E-state index contributed by atoms with van der Waals surface area (Å²) in [5.74, 6) is -1.05. The van der Waals surface area contributed by atoms with E-state index in [1.807, 2.05) is 42.5 Å². The Bertz CT molecular complexity index is 1460. The largest absolute Gasteiger partial charge is 0.368 e. The molecule has 2 atom stereocenters. The number of carbonyl (C=O) groups excluding carboxylic acids is 1. The minimum Gasteiger partial charge on any atom is -0.368 e. The molecule has 12 heteroatoms.